The lowest BCUT2D eigenvalue weighted by Crippen LogP contribution is -2.12. The Kier molecular flexibility index (Phi) is 11.7. The van der Waals surface area contributed by atoms with Crippen LogP contribution in [0.1, 0.15) is 65.2 Å². The molecule has 0 aromatic heterocycles. The summed E-state index contributed by atoms with van der Waals surface area (Å²) in [6, 6.07) is 0. The first-order valence-corrected chi connectivity index (χ1v) is 6.95. The summed E-state index contributed by atoms with van der Waals surface area (Å²) in [6.07, 6.45) is 8.75. The van der Waals surface area contributed by atoms with Gasteiger partial charge in [0.25, 0.3) is 0 Å². The van der Waals surface area contributed by atoms with Crippen LogP contribution in [0.5, 0.6) is 0 Å². The minimum atomic E-state index is -0.349. The van der Waals surface area contributed by atoms with Gasteiger partial charge >= 0.3 is 11.9 Å². The lowest BCUT2D eigenvalue weighted by Gasteiger charge is -2.05. The van der Waals surface area contributed by atoms with Gasteiger partial charge in [-0.15, -0.1) is 0 Å². The Morgan fingerprint density at radius 3 is 2.00 bits per heavy atom. The summed E-state index contributed by atoms with van der Waals surface area (Å²) in [4.78, 5) is 21.7. The summed E-state index contributed by atoms with van der Waals surface area (Å²) < 4.78 is 9.58. The van der Waals surface area contributed by atoms with Crippen LogP contribution in [-0.2, 0) is 19.1 Å². The second kappa shape index (κ2) is 12.4. The molecule has 0 saturated heterocycles. The van der Waals surface area contributed by atoms with Gasteiger partial charge in [-0.05, 0) is 6.42 Å². The molecule has 0 aromatic rings. The zero-order chi connectivity index (χ0) is 13.6. The molecular weight excluding hydrogens is 232 g/mol. The van der Waals surface area contributed by atoms with Gasteiger partial charge < -0.3 is 9.47 Å². The van der Waals surface area contributed by atoms with Crippen molar-refractivity contribution in [2.24, 2.45) is 0 Å². The van der Waals surface area contributed by atoms with E-state index in [1.165, 1.54) is 39.0 Å². The molecule has 0 spiro atoms. The van der Waals surface area contributed by atoms with Crippen LogP contribution in [0.2, 0.25) is 0 Å². The Morgan fingerprint density at radius 2 is 1.39 bits per heavy atom. The number of rotatable bonds is 11. The summed E-state index contributed by atoms with van der Waals surface area (Å²) in [6.45, 7) is 3.85. The van der Waals surface area contributed by atoms with Gasteiger partial charge in [-0.2, -0.15) is 0 Å². The van der Waals surface area contributed by atoms with Crippen LogP contribution < -0.4 is 0 Å². The molecule has 4 heteroatoms. The SMILES string of the molecule is CCCCCCCCCC(=O)OCCOC(C)=O. The summed E-state index contributed by atoms with van der Waals surface area (Å²) in [5.74, 6) is -0.547. The molecule has 106 valence electrons. The van der Waals surface area contributed by atoms with E-state index in [2.05, 4.69) is 11.7 Å². The first-order valence-electron chi connectivity index (χ1n) is 6.95. The molecule has 0 aliphatic heterocycles. The zero-order valence-electron chi connectivity index (χ0n) is 11.7. The highest BCUT2D eigenvalue weighted by molar-refractivity contribution is 5.69. The van der Waals surface area contributed by atoms with Crippen molar-refractivity contribution in [2.45, 2.75) is 65.2 Å². The van der Waals surface area contributed by atoms with Crippen LogP contribution in [0.4, 0.5) is 0 Å². The van der Waals surface area contributed by atoms with Crippen LogP contribution in [0, 0.1) is 0 Å². The Balaban J connectivity index is 3.19. The summed E-state index contributed by atoms with van der Waals surface area (Å²) >= 11 is 0. The van der Waals surface area contributed by atoms with Gasteiger partial charge in [0.15, 0.2) is 0 Å². The maximum absolute atomic E-state index is 11.3. The lowest BCUT2D eigenvalue weighted by atomic mass is 10.1. The normalized spacial score (nSPS) is 10.1. The second-order valence-corrected chi connectivity index (χ2v) is 4.43. The number of carbonyl (C=O) groups is 2. The minimum Gasteiger partial charge on any atom is -0.462 e. The van der Waals surface area contributed by atoms with Crippen LogP contribution in [0.25, 0.3) is 0 Å². The molecule has 0 aromatic carbocycles. The van der Waals surface area contributed by atoms with Crippen molar-refractivity contribution < 1.29 is 19.1 Å². The van der Waals surface area contributed by atoms with Gasteiger partial charge in [-0.25, -0.2) is 0 Å². The van der Waals surface area contributed by atoms with Crippen molar-refractivity contribution in [3.05, 3.63) is 0 Å². The van der Waals surface area contributed by atoms with Gasteiger partial charge in [0.1, 0.15) is 13.2 Å². The van der Waals surface area contributed by atoms with Crippen LogP contribution in [-0.4, -0.2) is 25.2 Å². The summed E-state index contributed by atoms with van der Waals surface area (Å²) in [5, 5.41) is 0. The predicted molar refractivity (Wildman–Crippen MR) is 70.2 cm³/mol. The van der Waals surface area contributed by atoms with E-state index in [0.29, 0.717) is 6.42 Å². The third-order valence-electron chi connectivity index (χ3n) is 2.64. The molecule has 0 atom stereocenters. The molecule has 0 aliphatic rings. The van der Waals surface area contributed by atoms with Crippen LogP contribution in [0.3, 0.4) is 0 Å². The van der Waals surface area contributed by atoms with E-state index in [-0.39, 0.29) is 25.2 Å². The molecule has 0 aliphatic carbocycles. The molecule has 0 heterocycles. The summed E-state index contributed by atoms with van der Waals surface area (Å²) in [5.41, 5.74) is 0. The van der Waals surface area contributed by atoms with Crippen LogP contribution in [0.15, 0.2) is 0 Å². The fraction of sp³-hybridized carbons (Fsp3) is 0.857. The van der Waals surface area contributed by atoms with Gasteiger partial charge in [-0.3, -0.25) is 9.59 Å². The van der Waals surface area contributed by atoms with Gasteiger partial charge in [-0.1, -0.05) is 45.4 Å². The number of ether oxygens (including phenoxy) is 2. The van der Waals surface area contributed by atoms with Gasteiger partial charge in [0, 0.05) is 13.3 Å². The molecule has 0 fully saturated rings. The van der Waals surface area contributed by atoms with E-state index in [1.807, 2.05) is 0 Å². The average molecular weight is 258 g/mol. The first kappa shape index (κ1) is 16.9. The van der Waals surface area contributed by atoms with Gasteiger partial charge in [0.2, 0.25) is 0 Å². The van der Waals surface area contributed by atoms with Crippen molar-refractivity contribution in [3.8, 4) is 0 Å². The third kappa shape index (κ3) is 13.0. The standard InChI is InChI=1S/C14H26O4/c1-3-4-5-6-7-8-9-10-14(16)18-12-11-17-13(2)15/h3-12H2,1-2H3. The number of esters is 2. The lowest BCUT2D eigenvalue weighted by molar-refractivity contribution is -0.151. The van der Waals surface area contributed by atoms with Crippen LogP contribution >= 0.6 is 0 Å². The highest BCUT2D eigenvalue weighted by atomic mass is 16.6. The fourth-order valence-electron chi connectivity index (χ4n) is 1.64. The Labute approximate surface area is 110 Å². The zero-order valence-corrected chi connectivity index (χ0v) is 11.7. The number of hydrogen-bond donors (Lipinski definition) is 0. The number of carbonyl (C=O) groups excluding carboxylic acids is 2. The highest BCUT2D eigenvalue weighted by Gasteiger charge is 2.02. The smallest absolute Gasteiger partial charge is 0.305 e. The number of hydrogen-bond acceptors (Lipinski definition) is 4. The molecule has 0 unspecified atom stereocenters. The molecule has 0 radical (unpaired) electrons. The highest BCUT2D eigenvalue weighted by Crippen LogP contribution is 2.08. The molecule has 4 nitrogen and oxygen atoms in total. The fourth-order valence-corrected chi connectivity index (χ4v) is 1.64. The Morgan fingerprint density at radius 1 is 0.833 bits per heavy atom. The number of unbranched alkanes of at least 4 members (excludes halogenated alkanes) is 6. The summed E-state index contributed by atoms with van der Waals surface area (Å²) in [7, 11) is 0. The molecule has 0 amide bonds. The predicted octanol–water partition coefficient (Wildman–Crippen LogP) is 3.23. The Bertz CT molecular complexity index is 226. The van der Waals surface area contributed by atoms with E-state index in [9.17, 15) is 9.59 Å². The minimum absolute atomic E-state index is 0.151. The van der Waals surface area contributed by atoms with E-state index >= 15 is 0 Å². The van der Waals surface area contributed by atoms with Crippen molar-refractivity contribution in [1.82, 2.24) is 0 Å². The molecule has 0 N–H and O–H groups in total. The Hall–Kier alpha value is -1.06. The largest absolute Gasteiger partial charge is 0.462 e. The molecular formula is C14H26O4. The van der Waals surface area contributed by atoms with Crippen molar-refractivity contribution in [1.29, 1.82) is 0 Å². The quantitative estimate of drug-likeness (QED) is 0.422. The second-order valence-electron chi connectivity index (χ2n) is 4.43. The topological polar surface area (TPSA) is 52.6 Å². The first-order chi connectivity index (χ1) is 8.66. The van der Waals surface area contributed by atoms with Crippen molar-refractivity contribution in [3.63, 3.8) is 0 Å². The van der Waals surface area contributed by atoms with E-state index in [1.54, 1.807) is 0 Å². The van der Waals surface area contributed by atoms with E-state index < -0.39 is 0 Å². The average Bonchev–Trinajstić information content (AvgIpc) is 2.33. The molecule has 0 saturated carbocycles. The van der Waals surface area contributed by atoms with Gasteiger partial charge in [0.05, 0.1) is 0 Å². The van der Waals surface area contributed by atoms with Crippen molar-refractivity contribution >= 4 is 11.9 Å². The molecule has 0 rings (SSSR count). The molecule has 18 heavy (non-hydrogen) atoms. The van der Waals surface area contributed by atoms with E-state index in [4.69, 9.17) is 4.74 Å². The monoisotopic (exact) mass is 258 g/mol. The van der Waals surface area contributed by atoms with E-state index in [0.717, 1.165) is 12.8 Å². The maximum atomic E-state index is 11.3. The maximum Gasteiger partial charge on any atom is 0.305 e. The third-order valence-corrected chi connectivity index (χ3v) is 2.64. The van der Waals surface area contributed by atoms with Crippen molar-refractivity contribution in [2.75, 3.05) is 13.2 Å². The molecule has 0 bridgehead atoms.